The van der Waals surface area contributed by atoms with Crippen molar-refractivity contribution >= 4 is 0 Å². The van der Waals surface area contributed by atoms with Gasteiger partial charge in [-0.25, -0.2) is 0 Å². The first-order valence-corrected chi connectivity index (χ1v) is 6.06. The van der Waals surface area contributed by atoms with Crippen LogP contribution in [0.3, 0.4) is 0 Å². The minimum atomic E-state index is -0.0555. The predicted molar refractivity (Wildman–Crippen MR) is 46.8 cm³/mol. The van der Waals surface area contributed by atoms with Crippen LogP contribution in [0.5, 0.6) is 0 Å². The van der Waals surface area contributed by atoms with Crippen molar-refractivity contribution < 1.29 is 15.9 Å². The van der Waals surface area contributed by atoms with Gasteiger partial charge in [-0.05, 0) is 0 Å². The average molecular weight is 205 g/mol. The molecule has 1 rings (SSSR count). The molecule has 0 N–H and O–H groups in total. The molecule has 69 valence electrons. The third-order valence-corrected chi connectivity index (χ3v) is 3.54. The third kappa shape index (κ3) is 3.73. The molecule has 0 spiro atoms. The van der Waals surface area contributed by atoms with E-state index in [0.29, 0.717) is 6.04 Å². The van der Waals surface area contributed by atoms with Crippen LogP contribution >= 0.6 is 0 Å². The van der Waals surface area contributed by atoms with Gasteiger partial charge in [0.15, 0.2) is 0 Å². The van der Waals surface area contributed by atoms with E-state index < -0.39 is 0 Å². The van der Waals surface area contributed by atoms with Crippen LogP contribution in [0.2, 0.25) is 0 Å². The van der Waals surface area contributed by atoms with Crippen molar-refractivity contribution in [3.05, 3.63) is 0 Å². The zero-order chi connectivity index (χ0) is 8.81. The van der Waals surface area contributed by atoms with Crippen molar-refractivity contribution in [2.24, 2.45) is 13.5 Å². The molecule has 0 aromatic rings. The molecule has 3 heteroatoms. The Hall–Kier alpha value is 0.184. The first kappa shape index (κ1) is 10.3. The van der Waals surface area contributed by atoms with Crippen LogP contribution in [-0.2, 0) is 15.9 Å². The van der Waals surface area contributed by atoms with Gasteiger partial charge in [-0.2, -0.15) is 0 Å². The second kappa shape index (κ2) is 5.77. The number of rotatable bonds is 3. The molecular formula is C9H18N2V. The summed E-state index contributed by atoms with van der Waals surface area (Å²) < 4.78 is 8.61. The summed E-state index contributed by atoms with van der Waals surface area (Å²) in [5, 5.41) is 0. The van der Waals surface area contributed by atoms with Gasteiger partial charge in [-0.3, -0.25) is 0 Å². The molecule has 0 heterocycles. The van der Waals surface area contributed by atoms with Crippen LogP contribution in [0, 0.1) is 5.92 Å². The van der Waals surface area contributed by atoms with Crippen molar-refractivity contribution in [2.45, 2.75) is 45.1 Å². The maximum atomic E-state index is 4.53. The molecule has 1 aliphatic carbocycles. The molecule has 12 heavy (non-hydrogen) atoms. The van der Waals surface area contributed by atoms with E-state index in [2.05, 4.69) is 14.5 Å². The Kier molecular flexibility index (Phi) is 4.93. The fourth-order valence-corrected chi connectivity index (χ4v) is 2.50. The molecule has 0 aliphatic heterocycles. The van der Waals surface area contributed by atoms with Gasteiger partial charge in [0.25, 0.3) is 0 Å². The van der Waals surface area contributed by atoms with Crippen molar-refractivity contribution in [1.82, 2.24) is 0 Å². The van der Waals surface area contributed by atoms with Crippen LogP contribution in [-0.4, -0.2) is 13.1 Å². The Morgan fingerprint density at radius 3 is 2.67 bits per heavy atom. The molecule has 2 nitrogen and oxygen atoms in total. The summed E-state index contributed by atoms with van der Waals surface area (Å²) in [6.07, 6.45) is 7.09. The number of hydrogen-bond donors (Lipinski definition) is 0. The summed E-state index contributed by atoms with van der Waals surface area (Å²) in [7, 11) is 1.87. The van der Waals surface area contributed by atoms with Crippen LogP contribution < -0.4 is 0 Å². The van der Waals surface area contributed by atoms with Crippen LogP contribution in [0.15, 0.2) is 7.58 Å². The van der Waals surface area contributed by atoms with Gasteiger partial charge in [0.2, 0.25) is 0 Å². The Balaban J connectivity index is 2.24. The quantitative estimate of drug-likeness (QED) is 0.676. The molecule has 0 bridgehead atoms. The van der Waals surface area contributed by atoms with E-state index in [0.717, 1.165) is 5.92 Å². The van der Waals surface area contributed by atoms with E-state index in [1.54, 1.807) is 0 Å². The van der Waals surface area contributed by atoms with Gasteiger partial charge in [-0.1, -0.05) is 0 Å². The molecule has 1 fully saturated rings. The normalized spacial score (nSPS) is 20.2. The molecule has 1 saturated carbocycles. The van der Waals surface area contributed by atoms with Gasteiger partial charge in [-0.15, -0.1) is 0 Å². The summed E-state index contributed by atoms with van der Waals surface area (Å²) in [5.74, 6) is 0.974. The van der Waals surface area contributed by atoms with Gasteiger partial charge < -0.3 is 0 Å². The summed E-state index contributed by atoms with van der Waals surface area (Å²) >= 11 is -0.0555. The van der Waals surface area contributed by atoms with Gasteiger partial charge in [0.1, 0.15) is 0 Å². The fraction of sp³-hybridized carbons (Fsp3) is 1.00. The average Bonchev–Trinajstić information content (AvgIpc) is 2.53. The van der Waals surface area contributed by atoms with E-state index in [-0.39, 0.29) is 15.9 Å². The second-order valence-electron chi connectivity index (χ2n) is 3.64. The van der Waals surface area contributed by atoms with Gasteiger partial charge in [0.05, 0.1) is 0 Å². The summed E-state index contributed by atoms with van der Waals surface area (Å²) in [5.41, 5.74) is 0. The van der Waals surface area contributed by atoms with E-state index in [1.807, 2.05) is 7.05 Å². The Labute approximate surface area is 81.8 Å². The molecule has 0 saturated heterocycles. The monoisotopic (exact) mass is 205 g/mol. The van der Waals surface area contributed by atoms with Crippen LogP contribution in [0.25, 0.3) is 0 Å². The molecule has 0 aromatic heterocycles. The van der Waals surface area contributed by atoms with E-state index in [1.165, 1.54) is 32.1 Å². The van der Waals surface area contributed by atoms with Crippen molar-refractivity contribution in [1.29, 1.82) is 0 Å². The zero-order valence-electron chi connectivity index (χ0n) is 8.03. The SMILES string of the molecule is C[N]=[V]=[N]C(C)CC1CCCC1. The topological polar surface area (TPSA) is 24.7 Å². The molecular weight excluding hydrogens is 187 g/mol. The maximum absolute atomic E-state index is 4.53. The molecule has 0 aromatic carbocycles. The Morgan fingerprint density at radius 1 is 1.42 bits per heavy atom. The first-order chi connectivity index (χ1) is 5.83. The molecule has 0 amide bonds. The molecule has 0 radical (unpaired) electrons. The van der Waals surface area contributed by atoms with Gasteiger partial charge >= 0.3 is 81.5 Å². The minimum absolute atomic E-state index is 0.0555. The summed E-state index contributed by atoms with van der Waals surface area (Å²) in [6.45, 7) is 2.24. The molecule has 1 unspecified atom stereocenters. The van der Waals surface area contributed by atoms with Crippen LogP contribution in [0.1, 0.15) is 39.0 Å². The fourth-order valence-electron chi connectivity index (χ4n) is 1.92. The van der Waals surface area contributed by atoms with E-state index in [4.69, 9.17) is 0 Å². The number of nitrogens with zero attached hydrogens (tertiary/aromatic N) is 2. The third-order valence-electron chi connectivity index (χ3n) is 2.49. The molecule has 1 aliphatic rings. The predicted octanol–water partition coefficient (Wildman–Crippen LogP) is 3.03. The molecule has 1 atom stereocenters. The Morgan fingerprint density at radius 2 is 2.08 bits per heavy atom. The van der Waals surface area contributed by atoms with E-state index in [9.17, 15) is 0 Å². The van der Waals surface area contributed by atoms with Crippen molar-refractivity contribution in [3.63, 3.8) is 0 Å². The van der Waals surface area contributed by atoms with Crippen molar-refractivity contribution in [3.8, 4) is 0 Å². The second-order valence-corrected chi connectivity index (χ2v) is 4.90. The van der Waals surface area contributed by atoms with Crippen molar-refractivity contribution in [2.75, 3.05) is 7.05 Å². The first-order valence-electron chi connectivity index (χ1n) is 4.82. The summed E-state index contributed by atoms with van der Waals surface area (Å²) in [4.78, 5) is 0. The zero-order valence-corrected chi connectivity index (χ0v) is 9.43. The Bertz CT molecular complexity index is 179. The standard InChI is InChI=1S/C8H15N.CH3N.V/c1-7(9)6-8-4-2-3-5-8;1-2;/h7-8H,2-6H2,1H3;1H3;. The van der Waals surface area contributed by atoms with Gasteiger partial charge in [0, 0.05) is 0 Å². The van der Waals surface area contributed by atoms with E-state index >= 15 is 0 Å². The van der Waals surface area contributed by atoms with Crippen LogP contribution in [0.4, 0.5) is 0 Å². The summed E-state index contributed by atoms with van der Waals surface area (Å²) in [6, 6.07) is 0.566. The number of hydrogen-bond acceptors (Lipinski definition) is 2.